The van der Waals surface area contributed by atoms with Crippen LogP contribution in [0.15, 0.2) is 88.2 Å². The molecule has 0 aliphatic rings. The molecule has 0 aliphatic carbocycles. The summed E-state index contributed by atoms with van der Waals surface area (Å²) in [6, 6.07) is 21.8. The summed E-state index contributed by atoms with van der Waals surface area (Å²) < 4.78 is 33.3. The highest BCUT2D eigenvalue weighted by Gasteiger charge is 2.31. The molecule has 0 unspecified atom stereocenters. The monoisotopic (exact) mass is 406 g/mol. The Morgan fingerprint density at radius 1 is 0.931 bits per heavy atom. The third kappa shape index (κ3) is 3.77. The highest BCUT2D eigenvalue weighted by atomic mass is 32.2. The van der Waals surface area contributed by atoms with Gasteiger partial charge in [0.25, 0.3) is 10.0 Å². The second kappa shape index (κ2) is 7.52. The molecule has 0 saturated carbocycles. The summed E-state index contributed by atoms with van der Waals surface area (Å²) >= 11 is 0. The molecular weight excluding hydrogens is 388 g/mol. The van der Waals surface area contributed by atoms with E-state index in [1.54, 1.807) is 66.7 Å². The van der Waals surface area contributed by atoms with Crippen LogP contribution in [-0.4, -0.2) is 25.7 Å². The molecule has 0 spiro atoms. The fourth-order valence-electron chi connectivity index (χ4n) is 2.91. The Labute approximate surface area is 168 Å². The van der Waals surface area contributed by atoms with Crippen molar-refractivity contribution in [2.75, 3.05) is 10.8 Å². The molecule has 0 bridgehead atoms. The molecule has 0 amide bonds. The Hall–Kier alpha value is -3.45. The molecule has 3 aromatic carbocycles. The third-order valence-electron chi connectivity index (χ3n) is 4.49. The summed E-state index contributed by atoms with van der Waals surface area (Å²) in [6.45, 7) is 1.45. The maximum atomic E-state index is 13.4. The van der Waals surface area contributed by atoms with Gasteiger partial charge in [-0.3, -0.25) is 4.79 Å². The minimum atomic E-state index is -4.07. The molecule has 0 saturated heterocycles. The summed E-state index contributed by atoms with van der Waals surface area (Å²) in [4.78, 5) is 17.2. The first-order chi connectivity index (χ1) is 13.9. The second-order valence-electron chi connectivity index (χ2n) is 6.58. The first-order valence-electron chi connectivity index (χ1n) is 8.98. The van der Waals surface area contributed by atoms with Gasteiger partial charge in [0.05, 0.1) is 4.90 Å². The summed E-state index contributed by atoms with van der Waals surface area (Å²) in [5.74, 6) is -0.358. The van der Waals surface area contributed by atoms with Crippen molar-refractivity contribution in [3.8, 4) is 0 Å². The van der Waals surface area contributed by atoms with Gasteiger partial charge in [-0.15, -0.1) is 0 Å². The van der Waals surface area contributed by atoms with Crippen molar-refractivity contribution in [2.24, 2.45) is 0 Å². The van der Waals surface area contributed by atoms with Crippen LogP contribution in [0, 0.1) is 6.92 Å². The second-order valence-corrected chi connectivity index (χ2v) is 8.44. The van der Waals surface area contributed by atoms with Crippen LogP contribution >= 0.6 is 0 Å². The predicted molar refractivity (Wildman–Crippen MR) is 110 cm³/mol. The lowest BCUT2D eigenvalue weighted by Crippen LogP contribution is -2.36. The predicted octanol–water partition coefficient (Wildman–Crippen LogP) is 4.21. The fourth-order valence-corrected chi connectivity index (χ4v) is 4.21. The number of fused-ring (bicyclic) bond motifs is 1. The first-order valence-corrected chi connectivity index (χ1v) is 10.4. The quantitative estimate of drug-likeness (QED) is 0.448. The number of nitrogens with zero attached hydrogens (tertiary/aromatic N) is 2. The van der Waals surface area contributed by atoms with E-state index >= 15 is 0 Å². The van der Waals surface area contributed by atoms with Crippen molar-refractivity contribution >= 4 is 32.9 Å². The lowest BCUT2D eigenvalue weighted by Gasteiger charge is -2.20. The number of hydrogen-bond donors (Lipinski definition) is 0. The molecule has 0 atom stereocenters. The minimum absolute atomic E-state index is 0.0613. The number of hydrogen-bond acceptors (Lipinski definition) is 5. The van der Waals surface area contributed by atoms with Crippen molar-refractivity contribution in [3.05, 3.63) is 90.0 Å². The van der Waals surface area contributed by atoms with E-state index in [-0.39, 0.29) is 16.7 Å². The van der Waals surface area contributed by atoms with E-state index in [9.17, 15) is 13.2 Å². The van der Waals surface area contributed by atoms with E-state index in [4.69, 9.17) is 4.42 Å². The summed E-state index contributed by atoms with van der Waals surface area (Å²) in [5, 5.41) is 0. The van der Waals surface area contributed by atoms with Gasteiger partial charge >= 0.3 is 6.01 Å². The molecule has 146 valence electrons. The number of ketones is 1. The van der Waals surface area contributed by atoms with Gasteiger partial charge in [0, 0.05) is 5.56 Å². The number of carbonyl (C=O) groups excluding carboxylic acids is 1. The van der Waals surface area contributed by atoms with Gasteiger partial charge in [-0.2, -0.15) is 4.98 Å². The first kappa shape index (κ1) is 18.9. The molecule has 0 fully saturated rings. The number of anilines is 1. The van der Waals surface area contributed by atoms with Crippen LogP contribution in [0.2, 0.25) is 0 Å². The lowest BCUT2D eigenvalue weighted by molar-refractivity contribution is 0.100. The molecule has 29 heavy (non-hydrogen) atoms. The third-order valence-corrected chi connectivity index (χ3v) is 6.22. The molecule has 4 aromatic rings. The van der Waals surface area contributed by atoms with Crippen molar-refractivity contribution in [1.29, 1.82) is 0 Å². The number of para-hydroxylation sites is 2. The molecule has 4 rings (SSSR count). The highest BCUT2D eigenvalue weighted by Crippen LogP contribution is 2.27. The molecule has 0 N–H and O–H groups in total. The van der Waals surface area contributed by atoms with Gasteiger partial charge in [-0.25, -0.2) is 12.7 Å². The van der Waals surface area contributed by atoms with E-state index in [1.165, 1.54) is 12.1 Å². The Morgan fingerprint density at radius 2 is 1.59 bits per heavy atom. The molecule has 6 nitrogen and oxygen atoms in total. The van der Waals surface area contributed by atoms with Crippen LogP contribution in [0.1, 0.15) is 15.9 Å². The zero-order valence-electron chi connectivity index (χ0n) is 15.6. The van der Waals surface area contributed by atoms with Gasteiger partial charge in [0.2, 0.25) is 0 Å². The standard InChI is InChI=1S/C22H18N2O4S/c1-16-11-13-18(14-12-16)29(26,27)24(15-20(25)17-7-3-2-4-8-17)22-23-19-9-5-6-10-21(19)28-22/h2-14H,15H2,1H3. The number of carbonyl (C=O) groups is 1. The van der Waals surface area contributed by atoms with Crippen LogP contribution < -0.4 is 4.31 Å². The van der Waals surface area contributed by atoms with Crippen LogP contribution in [0.3, 0.4) is 0 Å². The number of oxazole rings is 1. The van der Waals surface area contributed by atoms with Crippen molar-refractivity contribution in [2.45, 2.75) is 11.8 Å². The average Bonchev–Trinajstić information content (AvgIpc) is 3.16. The topological polar surface area (TPSA) is 80.5 Å². The van der Waals surface area contributed by atoms with Gasteiger partial charge in [-0.05, 0) is 31.2 Å². The molecular formula is C22H18N2O4S. The average molecular weight is 406 g/mol. The normalized spacial score (nSPS) is 11.5. The van der Waals surface area contributed by atoms with Crippen LogP contribution in [0.4, 0.5) is 6.01 Å². The summed E-state index contributed by atoms with van der Waals surface area (Å²) in [7, 11) is -4.07. The molecule has 7 heteroatoms. The summed E-state index contributed by atoms with van der Waals surface area (Å²) in [5.41, 5.74) is 2.29. The minimum Gasteiger partial charge on any atom is -0.423 e. The Kier molecular flexibility index (Phi) is 4.90. The van der Waals surface area contributed by atoms with E-state index in [1.807, 2.05) is 6.92 Å². The van der Waals surface area contributed by atoms with Crippen LogP contribution in [0.5, 0.6) is 0 Å². The summed E-state index contributed by atoms with van der Waals surface area (Å²) in [6.07, 6.45) is 0. The molecule has 1 aromatic heterocycles. The Bertz CT molecular complexity index is 1230. The van der Waals surface area contributed by atoms with Crippen LogP contribution in [-0.2, 0) is 10.0 Å². The van der Waals surface area contributed by atoms with E-state index in [0.29, 0.717) is 16.7 Å². The number of benzene rings is 3. The van der Waals surface area contributed by atoms with Crippen LogP contribution in [0.25, 0.3) is 11.1 Å². The molecule has 0 aliphatic heterocycles. The molecule has 1 heterocycles. The Balaban J connectivity index is 1.80. The number of rotatable bonds is 6. The van der Waals surface area contributed by atoms with Gasteiger partial charge in [-0.1, -0.05) is 60.2 Å². The fraction of sp³-hybridized carbons (Fsp3) is 0.0909. The molecule has 0 radical (unpaired) electrons. The SMILES string of the molecule is Cc1ccc(S(=O)(=O)N(CC(=O)c2ccccc2)c2nc3ccccc3o2)cc1. The zero-order chi connectivity index (χ0) is 20.4. The van der Waals surface area contributed by atoms with Gasteiger partial charge in [0.1, 0.15) is 12.1 Å². The van der Waals surface area contributed by atoms with E-state index in [0.717, 1.165) is 9.87 Å². The largest absolute Gasteiger partial charge is 0.423 e. The number of sulfonamides is 1. The lowest BCUT2D eigenvalue weighted by atomic mass is 10.1. The number of aromatic nitrogens is 1. The number of aryl methyl sites for hydroxylation is 1. The number of Topliss-reactive ketones (excluding diaryl/α,β-unsaturated/α-hetero) is 1. The van der Waals surface area contributed by atoms with Crippen molar-refractivity contribution < 1.29 is 17.6 Å². The Morgan fingerprint density at radius 3 is 2.28 bits per heavy atom. The highest BCUT2D eigenvalue weighted by molar-refractivity contribution is 7.92. The van der Waals surface area contributed by atoms with Crippen molar-refractivity contribution in [1.82, 2.24) is 4.98 Å². The maximum absolute atomic E-state index is 13.4. The van der Waals surface area contributed by atoms with Gasteiger partial charge in [0.15, 0.2) is 11.4 Å². The smallest absolute Gasteiger partial charge is 0.313 e. The van der Waals surface area contributed by atoms with Crippen molar-refractivity contribution in [3.63, 3.8) is 0 Å². The zero-order valence-corrected chi connectivity index (χ0v) is 16.5. The van der Waals surface area contributed by atoms with E-state index in [2.05, 4.69) is 4.98 Å². The van der Waals surface area contributed by atoms with Gasteiger partial charge < -0.3 is 4.42 Å². The van der Waals surface area contributed by atoms with E-state index < -0.39 is 16.6 Å². The maximum Gasteiger partial charge on any atom is 0.313 e.